The van der Waals surface area contributed by atoms with Crippen LogP contribution >= 0.6 is 0 Å². The number of halogens is 6. The number of aromatic nitrogens is 2. The number of imidazole rings is 1. The van der Waals surface area contributed by atoms with Crippen LogP contribution in [0, 0.1) is 17.5 Å². The molecule has 180 valence electrons. The van der Waals surface area contributed by atoms with Gasteiger partial charge in [-0.1, -0.05) is 0 Å². The lowest BCUT2D eigenvalue weighted by atomic mass is 10.0. The van der Waals surface area contributed by atoms with Gasteiger partial charge in [-0.3, -0.25) is 4.79 Å². The number of carbonyl (C=O) groups is 2. The molecule has 0 radical (unpaired) electrons. The van der Waals surface area contributed by atoms with Gasteiger partial charge in [0, 0.05) is 31.6 Å². The number of nitrogens with zero attached hydrogens (tertiary/aromatic N) is 3. The minimum absolute atomic E-state index is 0.251. The Bertz CT molecular complexity index is 1090. The van der Waals surface area contributed by atoms with Crippen LogP contribution in [0.3, 0.4) is 0 Å². The van der Waals surface area contributed by atoms with Crippen LogP contribution in [0.1, 0.15) is 40.2 Å². The summed E-state index contributed by atoms with van der Waals surface area (Å²) in [6.07, 6.45) is -7.11. The molecule has 2 heterocycles. The SMILES string of the molecule is COC(=O)c1nc(C(F)(F)F)n2c1[C@@H](N)N(C(=O)C[C@H](N)Cc1cc(F)c(F)cc1F)CC2. The number of carbonyl (C=O) groups excluding carboxylic acids is 2. The standard InChI is InChI=1S/C19H19F6N5O3/c1-33-17(32)14-15-16(27)29(2-3-30(15)18(28-14)19(23,24)25)13(31)6-9(26)4-8-5-11(21)12(22)7-10(8)20/h5,7,9,16H,2-4,6,26-27H2,1H3/t9-,16+/m1/s1. The number of amides is 1. The van der Waals surface area contributed by atoms with E-state index in [1.165, 1.54) is 0 Å². The molecular formula is C19H19F6N5O3. The summed E-state index contributed by atoms with van der Waals surface area (Å²) < 4.78 is 85.5. The molecule has 2 atom stereocenters. The highest BCUT2D eigenvalue weighted by molar-refractivity contribution is 5.89. The zero-order chi connectivity index (χ0) is 24.7. The van der Waals surface area contributed by atoms with E-state index in [1.54, 1.807) is 0 Å². The van der Waals surface area contributed by atoms with Crippen LogP contribution in [0.4, 0.5) is 26.3 Å². The van der Waals surface area contributed by atoms with E-state index in [1.807, 2.05) is 0 Å². The molecule has 1 aromatic carbocycles. The molecule has 2 aromatic rings. The second-order valence-electron chi connectivity index (χ2n) is 7.37. The molecule has 4 N–H and O–H groups in total. The first-order chi connectivity index (χ1) is 15.3. The van der Waals surface area contributed by atoms with E-state index in [9.17, 15) is 35.9 Å². The van der Waals surface area contributed by atoms with Gasteiger partial charge in [0.25, 0.3) is 0 Å². The van der Waals surface area contributed by atoms with Gasteiger partial charge >= 0.3 is 12.1 Å². The fourth-order valence-electron chi connectivity index (χ4n) is 3.65. The van der Waals surface area contributed by atoms with Gasteiger partial charge in [-0.15, -0.1) is 0 Å². The van der Waals surface area contributed by atoms with Crippen LogP contribution in [-0.2, 0) is 28.7 Å². The Hall–Kier alpha value is -3.13. The smallest absolute Gasteiger partial charge is 0.449 e. The molecule has 1 aliphatic rings. The minimum Gasteiger partial charge on any atom is -0.464 e. The number of esters is 1. The number of hydrogen-bond donors (Lipinski definition) is 2. The maximum absolute atomic E-state index is 13.8. The molecule has 3 rings (SSSR count). The summed E-state index contributed by atoms with van der Waals surface area (Å²) in [5, 5.41) is 0. The summed E-state index contributed by atoms with van der Waals surface area (Å²) in [7, 11) is 0.953. The Morgan fingerprint density at radius 1 is 1.18 bits per heavy atom. The maximum atomic E-state index is 13.8. The number of alkyl halides is 3. The van der Waals surface area contributed by atoms with Crippen molar-refractivity contribution in [3.8, 4) is 0 Å². The molecule has 0 saturated carbocycles. The van der Waals surface area contributed by atoms with Crippen molar-refractivity contribution in [2.45, 2.75) is 37.8 Å². The van der Waals surface area contributed by atoms with Gasteiger partial charge < -0.3 is 25.7 Å². The van der Waals surface area contributed by atoms with E-state index in [0.29, 0.717) is 16.7 Å². The first kappa shape index (κ1) is 24.5. The van der Waals surface area contributed by atoms with Crippen molar-refractivity contribution in [1.82, 2.24) is 14.5 Å². The Morgan fingerprint density at radius 2 is 1.82 bits per heavy atom. The summed E-state index contributed by atoms with van der Waals surface area (Å²) in [4.78, 5) is 29.1. The minimum atomic E-state index is -4.89. The summed E-state index contributed by atoms with van der Waals surface area (Å²) in [5.74, 6) is -6.92. The quantitative estimate of drug-likeness (QED) is 0.384. The number of methoxy groups -OCH3 is 1. The highest BCUT2D eigenvalue weighted by atomic mass is 19.4. The van der Waals surface area contributed by atoms with Gasteiger partial charge in [0.1, 0.15) is 12.0 Å². The molecule has 1 aliphatic heterocycles. The number of fused-ring (bicyclic) bond motifs is 1. The third-order valence-electron chi connectivity index (χ3n) is 5.15. The van der Waals surface area contributed by atoms with Gasteiger partial charge in [-0.2, -0.15) is 13.2 Å². The average molecular weight is 479 g/mol. The lowest BCUT2D eigenvalue weighted by molar-refractivity contribution is -0.148. The molecule has 0 fully saturated rings. The molecular weight excluding hydrogens is 460 g/mol. The predicted molar refractivity (Wildman–Crippen MR) is 99.8 cm³/mol. The fraction of sp³-hybridized carbons (Fsp3) is 0.421. The highest BCUT2D eigenvalue weighted by Gasteiger charge is 2.44. The van der Waals surface area contributed by atoms with Crippen LogP contribution in [0.15, 0.2) is 12.1 Å². The third-order valence-corrected chi connectivity index (χ3v) is 5.15. The lowest BCUT2D eigenvalue weighted by Crippen LogP contribution is -2.48. The molecule has 14 heteroatoms. The van der Waals surface area contributed by atoms with Gasteiger partial charge in [-0.25, -0.2) is 22.9 Å². The summed E-state index contributed by atoms with van der Waals surface area (Å²) in [5.41, 5.74) is 10.6. The van der Waals surface area contributed by atoms with Crippen molar-refractivity contribution >= 4 is 11.9 Å². The molecule has 1 amide bonds. The second-order valence-corrected chi connectivity index (χ2v) is 7.37. The largest absolute Gasteiger partial charge is 0.464 e. The van der Waals surface area contributed by atoms with Crippen LogP contribution in [0.25, 0.3) is 0 Å². The molecule has 8 nitrogen and oxygen atoms in total. The molecule has 0 saturated heterocycles. The van der Waals surface area contributed by atoms with Crippen molar-refractivity contribution in [3.05, 3.63) is 52.4 Å². The van der Waals surface area contributed by atoms with E-state index in [4.69, 9.17) is 11.5 Å². The van der Waals surface area contributed by atoms with Crippen molar-refractivity contribution in [2.75, 3.05) is 13.7 Å². The molecule has 0 unspecified atom stereocenters. The van der Waals surface area contributed by atoms with Gasteiger partial charge in [-0.05, 0) is 18.1 Å². The first-order valence-electron chi connectivity index (χ1n) is 9.55. The predicted octanol–water partition coefficient (Wildman–Crippen LogP) is 1.87. The van der Waals surface area contributed by atoms with Crippen LogP contribution in [-0.4, -0.2) is 46.0 Å². The number of hydrogen-bond acceptors (Lipinski definition) is 6. The zero-order valence-corrected chi connectivity index (χ0v) is 17.1. The maximum Gasteiger partial charge on any atom is 0.449 e. The average Bonchev–Trinajstić information content (AvgIpc) is 3.12. The van der Waals surface area contributed by atoms with Gasteiger partial charge in [0.15, 0.2) is 17.3 Å². The number of nitrogens with two attached hydrogens (primary N) is 2. The Morgan fingerprint density at radius 3 is 2.42 bits per heavy atom. The first-order valence-corrected chi connectivity index (χ1v) is 9.55. The van der Waals surface area contributed by atoms with Crippen molar-refractivity contribution in [1.29, 1.82) is 0 Å². The summed E-state index contributed by atoms with van der Waals surface area (Å²) in [6, 6.07) is -0.0590. The fourth-order valence-corrected chi connectivity index (χ4v) is 3.65. The van der Waals surface area contributed by atoms with Crippen molar-refractivity contribution < 1.29 is 40.7 Å². The number of ether oxygens (including phenoxy) is 1. The molecule has 1 aromatic heterocycles. The topological polar surface area (TPSA) is 116 Å². The van der Waals surface area contributed by atoms with Crippen molar-refractivity contribution in [3.63, 3.8) is 0 Å². The van der Waals surface area contributed by atoms with Crippen molar-refractivity contribution in [2.24, 2.45) is 11.5 Å². The molecule has 33 heavy (non-hydrogen) atoms. The van der Waals surface area contributed by atoms with Crippen LogP contribution in [0.5, 0.6) is 0 Å². The zero-order valence-electron chi connectivity index (χ0n) is 17.1. The summed E-state index contributed by atoms with van der Waals surface area (Å²) in [6.45, 7) is -0.611. The molecule has 0 spiro atoms. The van der Waals surface area contributed by atoms with Crippen LogP contribution < -0.4 is 11.5 Å². The normalized spacial score (nSPS) is 17.0. The Labute approximate surface area is 183 Å². The third kappa shape index (κ3) is 4.80. The van der Waals surface area contributed by atoms with E-state index < -0.39 is 65.7 Å². The van der Waals surface area contributed by atoms with E-state index in [0.717, 1.165) is 12.0 Å². The lowest BCUT2D eigenvalue weighted by Gasteiger charge is -2.35. The van der Waals surface area contributed by atoms with E-state index in [2.05, 4.69) is 9.72 Å². The van der Waals surface area contributed by atoms with Gasteiger partial charge in [0.05, 0.1) is 12.8 Å². The number of benzene rings is 1. The second kappa shape index (κ2) is 9.02. The highest BCUT2D eigenvalue weighted by Crippen LogP contribution is 2.35. The summed E-state index contributed by atoms with van der Waals surface area (Å²) >= 11 is 0. The van der Waals surface area contributed by atoms with Gasteiger partial charge in [0.2, 0.25) is 11.7 Å². The number of rotatable bonds is 5. The molecule has 0 aliphatic carbocycles. The molecule has 0 bridgehead atoms. The van der Waals surface area contributed by atoms with Crippen LogP contribution in [0.2, 0.25) is 0 Å². The monoisotopic (exact) mass is 479 g/mol. The van der Waals surface area contributed by atoms with E-state index in [-0.39, 0.29) is 30.8 Å². The Balaban J connectivity index is 1.81. The Kier molecular flexibility index (Phi) is 6.70. The van der Waals surface area contributed by atoms with E-state index >= 15 is 0 Å².